The lowest BCUT2D eigenvalue weighted by Gasteiger charge is -2.18. The van der Waals surface area contributed by atoms with Crippen molar-refractivity contribution in [3.8, 4) is 0 Å². The van der Waals surface area contributed by atoms with Crippen LogP contribution in [0.15, 0.2) is 42.6 Å². The Morgan fingerprint density at radius 3 is 2.76 bits per heavy atom. The monoisotopic (exact) mass is 404 g/mol. The highest BCUT2D eigenvalue weighted by Crippen LogP contribution is 2.29. The van der Waals surface area contributed by atoms with Gasteiger partial charge in [0.25, 0.3) is 5.91 Å². The van der Waals surface area contributed by atoms with E-state index in [1.54, 1.807) is 23.2 Å². The number of benzene rings is 1. The molecule has 1 aromatic heterocycles. The molecule has 154 valence electrons. The van der Waals surface area contributed by atoms with Gasteiger partial charge in [0.05, 0.1) is 12.1 Å². The molecule has 1 unspecified atom stereocenters. The SMILES string of the molecule is O=C(c1ccc(NCC2CCN(CC(F)(F)F)C2)nc1)N1CCc2ccccc21. The zero-order valence-electron chi connectivity index (χ0n) is 16.0. The van der Waals surface area contributed by atoms with Crippen LogP contribution in [0.1, 0.15) is 22.3 Å². The average molecular weight is 404 g/mol. The van der Waals surface area contributed by atoms with Gasteiger partial charge in [-0.15, -0.1) is 0 Å². The first-order valence-electron chi connectivity index (χ1n) is 9.78. The summed E-state index contributed by atoms with van der Waals surface area (Å²) in [6, 6.07) is 11.4. The number of pyridine rings is 1. The molecule has 0 bridgehead atoms. The van der Waals surface area contributed by atoms with E-state index in [1.807, 2.05) is 24.3 Å². The third kappa shape index (κ3) is 4.70. The number of para-hydroxylation sites is 1. The highest BCUT2D eigenvalue weighted by Gasteiger charge is 2.34. The maximum atomic E-state index is 12.8. The van der Waals surface area contributed by atoms with Crippen molar-refractivity contribution >= 4 is 17.4 Å². The van der Waals surface area contributed by atoms with Gasteiger partial charge in [0.2, 0.25) is 0 Å². The number of rotatable bonds is 5. The molecule has 1 amide bonds. The minimum atomic E-state index is -4.15. The highest BCUT2D eigenvalue weighted by atomic mass is 19.4. The van der Waals surface area contributed by atoms with Crippen LogP contribution in [-0.2, 0) is 6.42 Å². The van der Waals surface area contributed by atoms with E-state index in [1.165, 1.54) is 10.5 Å². The van der Waals surface area contributed by atoms with Crippen LogP contribution in [-0.4, -0.2) is 54.7 Å². The molecule has 2 aliphatic heterocycles. The summed E-state index contributed by atoms with van der Waals surface area (Å²) in [6.45, 7) is 1.27. The number of hydrogen-bond acceptors (Lipinski definition) is 4. The molecule has 3 heterocycles. The van der Waals surface area contributed by atoms with Gasteiger partial charge in [-0.05, 0) is 49.1 Å². The minimum Gasteiger partial charge on any atom is -0.370 e. The normalized spacial score (nSPS) is 19.4. The predicted molar refractivity (Wildman–Crippen MR) is 105 cm³/mol. The molecule has 1 saturated heterocycles. The topological polar surface area (TPSA) is 48.5 Å². The number of carbonyl (C=O) groups is 1. The van der Waals surface area contributed by atoms with Crippen LogP contribution in [0, 0.1) is 5.92 Å². The molecule has 1 N–H and O–H groups in total. The number of hydrogen-bond donors (Lipinski definition) is 1. The summed E-state index contributed by atoms with van der Waals surface area (Å²) < 4.78 is 37.5. The molecule has 0 saturated carbocycles. The summed E-state index contributed by atoms with van der Waals surface area (Å²) in [6.07, 6.45) is -1.02. The van der Waals surface area contributed by atoms with Crippen molar-refractivity contribution in [1.82, 2.24) is 9.88 Å². The van der Waals surface area contributed by atoms with Crippen molar-refractivity contribution < 1.29 is 18.0 Å². The maximum absolute atomic E-state index is 12.8. The van der Waals surface area contributed by atoms with Crippen LogP contribution >= 0.6 is 0 Å². The summed E-state index contributed by atoms with van der Waals surface area (Å²) in [5.74, 6) is 0.701. The largest absolute Gasteiger partial charge is 0.401 e. The van der Waals surface area contributed by atoms with E-state index in [0.29, 0.717) is 37.6 Å². The van der Waals surface area contributed by atoms with Crippen molar-refractivity contribution in [2.24, 2.45) is 5.92 Å². The lowest BCUT2D eigenvalue weighted by molar-refractivity contribution is -0.143. The Balaban J connectivity index is 1.31. The number of nitrogens with one attached hydrogen (secondary N) is 1. The number of fused-ring (bicyclic) bond motifs is 1. The zero-order valence-corrected chi connectivity index (χ0v) is 16.0. The average Bonchev–Trinajstić information content (AvgIpc) is 3.31. The lowest BCUT2D eigenvalue weighted by atomic mass is 10.1. The Morgan fingerprint density at radius 2 is 2.00 bits per heavy atom. The number of halogens is 3. The first kappa shape index (κ1) is 19.7. The summed E-state index contributed by atoms with van der Waals surface area (Å²) in [7, 11) is 0. The van der Waals surface area contributed by atoms with Crippen molar-refractivity contribution in [2.45, 2.75) is 19.0 Å². The molecular formula is C21H23F3N4O. The van der Waals surface area contributed by atoms with Crippen molar-refractivity contribution in [2.75, 3.05) is 42.9 Å². The first-order valence-corrected chi connectivity index (χ1v) is 9.78. The van der Waals surface area contributed by atoms with E-state index < -0.39 is 12.7 Å². The number of amides is 1. The number of anilines is 2. The molecule has 29 heavy (non-hydrogen) atoms. The summed E-state index contributed by atoms with van der Waals surface area (Å²) in [5.41, 5.74) is 2.64. The molecule has 1 fully saturated rings. The van der Waals surface area contributed by atoms with Crippen molar-refractivity contribution in [3.63, 3.8) is 0 Å². The Morgan fingerprint density at radius 1 is 1.17 bits per heavy atom. The second-order valence-corrected chi connectivity index (χ2v) is 7.65. The number of likely N-dealkylation sites (tertiary alicyclic amines) is 1. The third-order valence-electron chi connectivity index (χ3n) is 5.49. The summed E-state index contributed by atoms with van der Waals surface area (Å²) >= 11 is 0. The maximum Gasteiger partial charge on any atom is 0.401 e. The standard InChI is InChI=1S/C21H23F3N4O/c22-21(23,24)14-27-9-7-15(13-27)11-25-19-6-5-17(12-26-19)20(29)28-10-8-16-3-1-2-4-18(16)28/h1-6,12,15H,7-11,13-14H2,(H,25,26). The Bertz CT molecular complexity index is 869. The molecule has 0 radical (unpaired) electrons. The number of aromatic nitrogens is 1. The van der Waals surface area contributed by atoms with Gasteiger partial charge in [0, 0.05) is 31.5 Å². The van der Waals surface area contributed by atoms with Crippen LogP contribution in [0.4, 0.5) is 24.7 Å². The Hall–Kier alpha value is -2.61. The van der Waals surface area contributed by atoms with E-state index in [9.17, 15) is 18.0 Å². The first-order chi connectivity index (χ1) is 13.9. The van der Waals surface area contributed by atoms with Gasteiger partial charge in [-0.1, -0.05) is 18.2 Å². The molecule has 0 aliphatic carbocycles. The lowest BCUT2D eigenvalue weighted by Crippen LogP contribution is -2.33. The second kappa shape index (κ2) is 8.02. The van der Waals surface area contributed by atoms with Gasteiger partial charge in [-0.2, -0.15) is 13.2 Å². The van der Waals surface area contributed by atoms with E-state index in [-0.39, 0.29) is 11.8 Å². The summed E-state index contributed by atoms with van der Waals surface area (Å²) in [4.78, 5) is 20.3. The minimum absolute atomic E-state index is 0.0763. The number of nitrogens with zero attached hydrogens (tertiary/aromatic N) is 3. The molecule has 0 spiro atoms. The molecule has 8 heteroatoms. The van der Waals surface area contributed by atoms with Crippen LogP contribution in [0.3, 0.4) is 0 Å². The molecule has 1 atom stereocenters. The van der Waals surface area contributed by atoms with E-state index in [2.05, 4.69) is 10.3 Å². The molecule has 1 aromatic carbocycles. The van der Waals surface area contributed by atoms with Gasteiger partial charge in [0.15, 0.2) is 0 Å². The van der Waals surface area contributed by atoms with Crippen LogP contribution < -0.4 is 10.2 Å². The number of alkyl halides is 3. The van der Waals surface area contributed by atoms with Crippen LogP contribution in [0.25, 0.3) is 0 Å². The third-order valence-corrected chi connectivity index (χ3v) is 5.49. The molecule has 5 nitrogen and oxygen atoms in total. The van der Waals surface area contributed by atoms with Gasteiger partial charge < -0.3 is 10.2 Å². The van der Waals surface area contributed by atoms with E-state index in [0.717, 1.165) is 18.5 Å². The molecule has 2 aliphatic rings. The van der Waals surface area contributed by atoms with Crippen molar-refractivity contribution in [1.29, 1.82) is 0 Å². The second-order valence-electron chi connectivity index (χ2n) is 7.65. The Labute approximate surface area is 167 Å². The van der Waals surface area contributed by atoms with Gasteiger partial charge in [-0.3, -0.25) is 9.69 Å². The predicted octanol–water partition coefficient (Wildman–Crippen LogP) is 3.58. The van der Waals surface area contributed by atoms with Crippen LogP contribution in [0.2, 0.25) is 0 Å². The van der Waals surface area contributed by atoms with E-state index in [4.69, 9.17) is 0 Å². The fraction of sp³-hybridized carbons (Fsp3) is 0.429. The molecule has 2 aromatic rings. The quantitative estimate of drug-likeness (QED) is 0.828. The smallest absolute Gasteiger partial charge is 0.370 e. The fourth-order valence-electron chi connectivity index (χ4n) is 4.06. The van der Waals surface area contributed by atoms with Gasteiger partial charge >= 0.3 is 6.18 Å². The van der Waals surface area contributed by atoms with Crippen LogP contribution in [0.5, 0.6) is 0 Å². The number of carbonyl (C=O) groups excluding carboxylic acids is 1. The van der Waals surface area contributed by atoms with Gasteiger partial charge in [-0.25, -0.2) is 4.98 Å². The Kier molecular flexibility index (Phi) is 5.45. The van der Waals surface area contributed by atoms with Gasteiger partial charge in [0.1, 0.15) is 5.82 Å². The van der Waals surface area contributed by atoms with E-state index >= 15 is 0 Å². The highest BCUT2D eigenvalue weighted by molar-refractivity contribution is 6.07. The fourth-order valence-corrected chi connectivity index (χ4v) is 4.06. The zero-order chi connectivity index (χ0) is 20.4. The molecular weight excluding hydrogens is 381 g/mol. The van der Waals surface area contributed by atoms with Crippen molar-refractivity contribution in [3.05, 3.63) is 53.7 Å². The summed E-state index contributed by atoms with van der Waals surface area (Å²) in [5, 5.41) is 3.18. The molecule has 4 rings (SSSR count).